The van der Waals surface area contributed by atoms with Crippen LogP contribution in [0.15, 0.2) is 29.2 Å². The standard InChI is InChI=1S/C13H17IN4O2S/c1-9-13(10(2)18(16-9)8-7-15)21(19,20)17-12-5-3-11(14)4-6-12/h3-6,17H,7-8,15H2,1-2H3. The van der Waals surface area contributed by atoms with Gasteiger partial charge in [-0.15, -0.1) is 0 Å². The molecule has 1 aromatic carbocycles. The summed E-state index contributed by atoms with van der Waals surface area (Å²) in [7, 11) is -3.66. The van der Waals surface area contributed by atoms with E-state index in [9.17, 15) is 8.42 Å². The number of nitrogens with zero attached hydrogens (tertiary/aromatic N) is 2. The van der Waals surface area contributed by atoms with Crippen LogP contribution in [0.2, 0.25) is 0 Å². The third-order valence-corrected chi connectivity index (χ3v) is 5.37. The number of aromatic nitrogens is 2. The maximum atomic E-state index is 12.5. The van der Waals surface area contributed by atoms with Crippen LogP contribution in [0, 0.1) is 17.4 Å². The Hall–Kier alpha value is -1.13. The smallest absolute Gasteiger partial charge is 0.265 e. The maximum absolute atomic E-state index is 12.5. The van der Waals surface area contributed by atoms with E-state index in [1.54, 1.807) is 30.7 Å². The molecule has 0 atom stereocenters. The van der Waals surface area contributed by atoms with E-state index in [1.807, 2.05) is 12.1 Å². The predicted molar refractivity (Wildman–Crippen MR) is 90.7 cm³/mol. The number of aryl methyl sites for hydroxylation is 1. The van der Waals surface area contributed by atoms with Gasteiger partial charge in [0.2, 0.25) is 0 Å². The predicted octanol–water partition coefficient (Wildman–Crippen LogP) is 1.86. The third kappa shape index (κ3) is 3.55. The molecule has 1 aromatic heterocycles. The second kappa shape index (κ2) is 6.32. The monoisotopic (exact) mass is 420 g/mol. The van der Waals surface area contributed by atoms with Gasteiger partial charge in [0.05, 0.1) is 17.9 Å². The zero-order valence-electron chi connectivity index (χ0n) is 11.8. The van der Waals surface area contributed by atoms with Crippen LogP contribution in [-0.4, -0.2) is 24.7 Å². The summed E-state index contributed by atoms with van der Waals surface area (Å²) in [5, 5.41) is 4.24. The van der Waals surface area contributed by atoms with E-state index in [1.165, 1.54) is 0 Å². The van der Waals surface area contributed by atoms with E-state index in [0.29, 0.717) is 30.2 Å². The highest BCUT2D eigenvalue weighted by Gasteiger charge is 2.24. The molecule has 2 aromatic rings. The van der Waals surface area contributed by atoms with E-state index in [4.69, 9.17) is 5.73 Å². The molecule has 0 saturated heterocycles. The third-order valence-electron chi connectivity index (χ3n) is 3.02. The summed E-state index contributed by atoms with van der Waals surface area (Å²) in [5.41, 5.74) is 7.10. The van der Waals surface area contributed by atoms with Crippen LogP contribution in [0.25, 0.3) is 0 Å². The van der Waals surface area contributed by atoms with Crippen molar-refractivity contribution in [2.24, 2.45) is 5.73 Å². The second-order valence-corrected chi connectivity index (χ2v) is 7.49. The summed E-state index contributed by atoms with van der Waals surface area (Å²) in [6.45, 7) is 4.32. The van der Waals surface area contributed by atoms with Crippen LogP contribution >= 0.6 is 22.6 Å². The SMILES string of the molecule is Cc1nn(CCN)c(C)c1S(=O)(=O)Nc1ccc(I)cc1. The Balaban J connectivity index is 2.38. The first-order valence-corrected chi connectivity index (χ1v) is 8.94. The van der Waals surface area contributed by atoms with E-state index in [2.05, 4.69) is 32.4 Å². The van der Waals surface area contributed by atoms with Gasteiger partial charge in [0, 0.05) is 15.8 Å². The van der Waals surface area contributed by atoms with Crippen LogP contribution in [0.3, 0.4) is 0 Å². The Morgan fingerprint density at radius 2 is 1.90 bits per heavy atom. The summed E-state index contributed by atoms with van der Waals surface area (Å²) in [4.78, 5) is 0.217. The molecule has 0 radical (unpaired) electrons. The molecule has 0 fully saturated rings. The van der Waals surface area contributed by atoms with Crippen molar-refractivity contribution in [1.82, 2.24) is 9.78 Å². The first kappa shape index (κ1) is 16.2. The number of sulfonamides is 1. The summed E-state index contributed by atoms with van der Waals surface area (Å²) in [6.07, 6.45) is 0. The molecule has 0 spiro atoms. The minimum Gasteiger partial charge on any atom is -0.329 e. The zero-order chi connectivity index (χ0) is 15.6. The lowest BCUT2D eigenvalue weighted by Gasteiger charge is -2.09. The summed E-state index contributed by atoms with van der Waals surface area (Å²) in [6, 6.07) is 7.15. The Morgan fingerprint density at radius 1 is 1.29 bits per heavy atom. The van der Waals surface area contributed by atoms with Gasteiger partial charge < -0.3 is 5.73 Å². The van der Waals surface area contributed by atoms with Crippen molar-refractivity contribution in [3.63, 3.8) is 0 Å². The molecule has 114 valence electrons. The lowest BCUT2D eigenvalue weighted by Crippen LogP contribution is -2.16. The van der Waals surface area contributed by atoms with Gasteiger partial charge in [0.1, 0.15) is 4.90 Å². The Kier molecular flexibility index (Phi) is 4.89. The van der Waals surface area contributed by atoms with E-state index in [-0.39, 0.29) is 4.90 Å². The molecule has 0 aliphatic rings. The average molecular weight is 420 g/mol. The van der Waals surface area contributed by atoms with Crippen LogP contribution < -0.4 is 10.5 Å². The van der Waals surface area contributed by atoms with Crippen molar-refractivity contribution in [2.45, 2.75) is 25.3 Å². The van der Waals surface area contributed by atoms with Crippen LogP contribution in [0.5, 0.6) is 0 Å². The molecular weight excluding hydrogens is 403 g/mol. The molecule has 2 rings (SSSR count). The Labute approximate surface area is 137 Å². The maximum Gasteiger partial charge on any atom is 0.265 e. The normalized spacial score (nSPS) is 11.6. The summed E-state index contributed by atoms with van der Waals surface area (Å²) in [5.74, 6) is 0. The van der Waals surface area contributed by atoms with Crippen LogP contribution in [0.1, 0.15) is 11.4 Å². The first-order chi connectivity index (χ1) is 9.85. The molecular formula is C13H17IN4O2S. The quantitative estimate of drug-likeness (QED) is 0.723. The van der Waals surface area contributed by atoms with Crippen molar-refractivity contribution in [3.8, 4) is 0 Å². The molecule has 21 heavy (non-hydrogen) atoms. The zero-order valence-corrected chi connectivity index (χ0v) is 14.8. The molecule has 6 nitrogen and oxygen atoms in total. The van der Waals surface area contributed by atoms with Crippen LogP contribution in [0.4, 0.5) is 5.69 Å². The van der Waals surface area contributed by atoms with Gasteiger partial charge in [-0.3, -0.25) is 9.40 Å². The molecule has 8 heteroatoms. The number of rotatable bonds is 5. The van der Waals surface area contributed by atoms with Crippen molar-refractivity contribution in [1.29, 1.82) is 0 Å². The number of benzene rings is 1. The van der Waals surface area contributed by atoms with Crippen LogP contribution in [-0.2, 0) is 16.6 Å². The van der Waals surface area contributed by atoms with Gasteiger partial charge in [-0.25, -0.2) is 8.42 Å². The minimum atomic E-state index is -3.66. The number of nitrogens with two attached hydrogens (primary N) is 1. The van der Waals surface area contributed by atoms with Crippen molar-refractivity contribution in [2.75, 3.05) is 11.3 Å². The number of hydrogen-bond acceptors (Lipinski definition) is 4. The number of halogens is 1. The van der Waals surface area contributed by atoms with E-state index in [0.717, 1.165) is 3.57 Å². The van der Waals surface area contributed by atoms with Gasteiger partial charge in [-0.05, 0) is 60.7 Å². The molecule has 0 unspecified atom stereocenters. The molecule has 1 heterocycles. The molecule has 3 N–H and O–H groups in total. The van der Waals surface area contributed by atoms with Gasteiger partial charge in [0.25, 0.3) is 10.0 Å². The van der Waals surface area contributed by atoms with Crippen molar-refractivity contribution >= 4 is 38.3 Å². The van der Waals surface area contributed by atoms with Crippen molar-refractivity contribution in [3.05, 3.63) is 39.2 Å². The van der Waals surface area contributed by atoms with Crippen molar-refractivity contribution < 1.29 is 8.42 Å². The molecule has 0 saturated carbocycles. The fraction of sp³-hybridized carbons (Fsp3) is 0.308. The van der Waals surface area contributed by atoms with Gasteiger partial charge in [-0.2, -0.15) is 5.10 Å². The molecule has 0 aliphatic carbocycles. The lowest BCUT2D eigenvalue weighted by atomic mass is 10.3. The summed E-state index contributed by atoms with van der Waals surface area (Å²) < 4.78 is 30.3. The van der Waals surface area contributed by atoms with Gasteiger partial charge >= 0.3 is 0 Å². The number of anilines is 1. The molecule has 0 aliphatic heterocycles. The highest BCUT2D eigenvalue weighted by Crippen LogP contribution is 2.23. The van der Waals surface area contributed by atoms with E-state index >= 15 is 0 Å². The second-order valence-electron chi connectivity index (χ2n) is 4.62. The topological polar surface area (TPSA) is 90.0 Å². The average Bonchev–Trinajstić information content (AvgIpc) is 2.68. The largest absolute Gasteiger partial charge is 0.329 e. The molecule has 0 bridgehead atoms. The lowest BCUT2D eigenvalue weighted by molar-refractivity contribution is 0.593. The summed E-state index contributed by atoms with van der Waals surface area (Å²) >= 11 is 2.17. The van der Waals surface area contributed by atoms with Gasteiger partial charge in [-0.1, -0.05) is 0 Å². The Bertz CT molecular complexity index is 738. The fourth-order valence-corrected chi connectivity index (χ4v) is 3.97. The highest BCUT2D eigenvalue weighted by molar-refractivity contribution is 14.1. The number of nitrogens with one attached hydrogen (secondary N) is 1. The number of hydrogen-bond donors (Lipinski definition) is 2. The minimum absolute atomic E-state index is 0.217. The Morgan fingerprint density at radius 3 is 2.48 bits per heavy atom. The molecule has 0 amide bonds. The fourth-order valence-electron chi connectivity index (χ4n) is 2.13. The highest BCUT2D eigenvalue weighted by atomic mass is 127. The van der Waals surface area contributed by atoms with Gasteiger partial charge in [0.15, 0.2) is 0 Å². The van der Waals surface area contributed by atoms with E-state index < -0.39 is 10.0 Å². The first-order valence-electron chi connectivity index (χ1n) is 6.37.